The van der Waals surface area contributed by atoms with Crippen molar-refractivity contribution in [2.75, 3.05) is 31.5 Å². The fourth-order valence-corrected chi connectivity index (χ4v) is 5.11. The second kappa shape index (κ2) is 8.76. The highest BCUT2D eigenvalue weighted by Crippen LogP contribution is 2.36. The summed E-state index contributed by atoms with van der Waals surface area (Å²) < 4.78 is 0. The van der Waals surface area contributed by atoms with Crippen molar-refractivity contribution >= 4 is 34.7 Å². The van der Waals surface area contributed by atoms with E-state index in [-0.39, 0.29) is 11.7 Å². The number of aryl methyl sites for hydroxylation is 2. The van der Waals surface area contributed by atoms with Crippen molar-refractivity contribution < 1.29 is 9.59 Å². The molecule has 9 heteroatoms. The third-order valence-electron chi connectivity index (χ3n) is 5.63. The SMILES string of the molecule is CC(=O)Cc1cccc(Nc2ncc3c(n2)-c2nc(C(=O)N4CCNCC4)sc2CC3)c1. The summed E-state index contributed by atoms with van der Waals surface area (Å²) in [5.41, 5.74) is 4.40. The Morgan fingerprint density at radius 1 is 1.16 bits per heavy atom. The van der Waals surface area contributed by atoms with Gasteiger partial charge < -0.3 is 15.5 Å². The molecule has 164 valence electrons. The lowest BCUT2D eigenvalue weighted by molar-refractivity contribution is -0.116. The monoisotopic (exact) mass is 448 g/mol. The first-order chi connectivity index (χ1) is 15.6. The topological polar surface area (TPSA) is 100 Å². The van der Waals surface area contributed by atoms with Crippen LogP contribution in [0.5, 0.6) is 0 Å². The van der Waals surface area contributed by atoms with Gasteiger partial charge in [0.2, 0.25) is 5.95 Å². The van der Waals surface area contributed by atoms with Crippen LogP contribution in [-0.2, 0) is 24.1 Å². The van der Waals surface area contributed by atoms with Crippen LogP contribution in [0.4, 0.5) is 11.6 Å². The number of carbonyl (C=O) groups is 2. The van der Waals surface area contributed by atoms with E-state index in [1.807, 2.05) is 35.4 Å². The molecule has 3 heterocycles. The highest BCUT2D eigenvalue weighted by Gasteiger charge is 2.27. The second-order valence-electron chi connectivity index (χ2n) is 8.10. The molecule has 1 fully saturated rings. The summed E-state index contributed by atoms with van der Waals surface area (Å²) in [5, 5.41) is 7.05. The minimum Gasteiger partial charge on any atom is -0.334 e. The number of ketones is 1. The van der Waals surface area contributed by atoms with Crippen molar-refractivity contribution in [2.24, 2.45) is 0 Å². The van der Waals surface area contributed by atoms with Gasteiger partial charge in [-0.25, -0.2) is 15.0 Å². The standard InChI is InChI=1S/C23H24N6O2S/c1-14(30)11-15-3-2-4-17(12-15)26-23-25-13-16-5-6-18-20(19(16)28-23)27-21(32-18)22(31)29-9-7-24-8-10-29/h2-4,12-13,24H,5-11H2,1H3,(H,25,26,28). The fraction of sp³-hybridized carbons (Fsp3) is 0.348. The Hall–Kier alpha value is -3.17. The average Bonchev–Trinajstić information content (AvgIpc) is 3.24. The number of anilines is 2. The molecule has 32 heavy (non-hydrogen) atoms. The predicted molar refractivity (Wildman–Crippen MR) is 123 cm³/mol. The molecule has 1 aromatic carbocycles. The minimum absolute atomic E-state index is 0.00198. The van der Waals surface area contributed by atoms with Gasteiger partial charge in [-0.3, -0.25) is 9.59 Å². The highest BCUT2D eigenvalue weighted by molar-refractivity contribution is 7.14. The van der Waals surface area contributed by atoms with E-state index in [1.165, 1.54) is 11.3 Å². The van der Waals surface area contributed by atoms with Crippen molar-refractivity contribution in [3.8, 4) is 11.4 Å². The van der Waals surface area contributed by atoms with Crippen LogP contribution in [-0.4, -0.2) is 57.7 Å². The number of fused-ring (bicyclic) bond motifs is 3. The summed E-state index contributed by atoms with van der Waals surface area (Å²) in [4.78, 5) is 41.2. The quantitative estimate of drug-likeness (QED) is 0.619. The van der Waals surface area contributed by atoms with Crippen LogP contribution in [0, 0.1) is 0 Å². The summed E-state index contributed by atoms with van der Waals surface area (Å²) in [6.45, 7) is 4.63. The van der Waals surface area contributed by atoms with E-state index in [2.05, 4.69) is 15.6 Å². The summed E-state index contributed by atoms with van der Waals surface area (Å²) in [6, 6.07) is 7.69. The molecular weight excluding hydrogens is 424 g/mol. The largest absolute Gasteiger partial charge is 0.334 e. The van der Waals surface area contributed by atoms with Gasteiger partial charge in [0, 0.05) is 49.4 Å². The van der Waals surface area contributed by atoms with Crippen LogP contribution in [0.25, 0.3) is 11.4 Å². The summed E-state index contributed by atoms with van der Waals surface area (Å²) in [5.74, 6) is 0.594. The van der Waals surface area contributed by atoms with E-state index >= 15 is 0 Å². The number of carbonyl (C=O) groups excluding carboxylic acids is 2. The van der Waals surface area contributed by atoms with E-state index in [0.717, 1.165) is 59.0 Å². The van der Waals surface area contributed by atoms with Crippen molar-refractivity contribution in [1.82, 2.24) is 25.2 Å². The Balaban J connectivity index is 1.41. The minimum atomic E-state index is 0.00198. The number of nitrogens with zero attached hydrogens (tertiary/aromatic N) is 4. The first kappa shape index (κ1) is 20.7. The molecule has 0 saturated carbocycles. The van der Waals surface area contributed by atoms with Crippen molar-refractivity contribution in [3.63, 3.8) is 0 Å². The number of Topliss-reactive ketones (excluding diaryl/α,β-unsaturated/α-hetero) is 1. The molecule has 1 amide bonds. The smallest absolute Gasteiger partial charge is 0.282 e. The summed E-state index contributed by atoms with van der Waals surface area (Å²) in [6.07, 6.45) is 3.91. The van der Waals surface area contributed by atoms with E-state index in [1.54, 1.807) is 6.92 Å². The van der Waals surface area contributed by atoms with Gasteiger partial charge >= 0.3 is 0 Å². The van der Waals surface area contributed by atoms with Crippen LogP contribution in [0.15, 0.2) is 30.5 Å². The van der Waals surface area contributed by atoms with Gasteiger partial charge in [-0.05, 0) is 43.0 Å². The number of piperazine rings is 1. The maximum absolute atomic E-state index is 12.9. The fourth-order valence-electron chi connectivity index (χ4n) is 4.08. The molecule has 1 saturated heterocycles. The highest BCUT2D eigenvalue weighted by atomic mass is 32.1. The lowest BCUT2D eigenvalue weighted by Crippen LogP contribution is -2.46. The first-order valence-corrected chi connectivity index (χ1v) is 11.6. The van der Waals surface area contributed by atoms with E-state index in [0.29, 0.717) is 30.5 Å². The van der Waals surface area contributed by atoms with Crippen LogP contribution in [0.2, 0.25) is 0 Å². The van der Waals surface area contributed by atoms with E-state index in [4.69, 9.17) is 9.97 Å². The van der Waals surface area contributed by atoms with Gasteiger partial charge in [-0.15, -0.1) is 11.3 Å². The molecular formula is C23H24N6O2S. The molecule has 8 nitrogen and oxygen atoms in total. The van der Waals surface area contributed by atoms with Gasteiger partial charge in [0.15, 0.2) is 5.01 Å². The number of hydrogen-bond acceptors (Lipinski definition) is 8. The van der Waals surface area contributed by atoms with Gasteiger partial charge in [-0.1, -0.05) is 12.1 Å². The number of thiazole rings is 1. The second-order valence-corrected chi connectivity index (χ2v) is 9.19. The van der Waals surface area contributed by atoms with Crippen molar-refractivity contribution in [3.05, 3.63) is 51.5 Å². The number of nitrogens with one attached hydrogen (secondary N) is 2. The molecule has 0 bridgehead atoms. The van der Waals surface area contributed by atoms with Gasteiger partial charge in [0.05, 0.1) is 5.69 Å². The Kier molecular flexibility index (Phi) is 5.67. The van der Waals surface area contributed by atoms with Crippen molar-refractivity contribution in [1.29, 1.82) is 0 Å². The molecule has 0 spiro atoms. The Bertz CT molecular complexity index is 1180. The third kappa shape index (κ3) is 4.26. The van der Waals surface area contributed by atoms with Crippen LogP contribution in [0.3, 0.4) is 0 Å². The molecule has 0 radical (unpaired) electrons. The molecule has 5 rings (SSSR count). The zero-order chi connectivity index (χ0) is 22.1. The third-order valence-corrected chi connectivity index (χ3v) is 6.73. The van der Waals surface area contributed by atoms with Gasteiger partial charge in [0.1, 0.15) is 11.5 Å². The Labute approximate surface area is 190 Å². The number of benzene rings is 1. The molecule has 0 atom stereocenters. The molecule has 1 aliphatic heterocycles. The number of aromatic nitrogens is 3. The van der Waals surface area contributed by atoms with Crippen LogP contribution < -0.4 is 10.6 Å². The summed E-state index contributed by atoms with van der Waals surface area (Å²) in [7, 11) is 0. The molecule has 2 aliphatic rings. The molecule has 2 aromatic heterocycles. The number of amides is 1. The molecule has 3 aromatic rings. The lowest BCUT2D eigenvalue weighted by Gasteiger charge is -2.26. The van der Waals surface area contributed by atoms with E-state index < -0.39 is 0 Å². The lowest BCUT2D eigenvalue weighted by atomic mass is 10.00. The molecule has 1 aliphatic carbocycles. The normalized spacial score (nSPS) is 15.1. The predicted octanol–water partition coefficient (Wildman–Crippen LogP) is 2.62. The Morgan fingerprint density at radius 2 is 2.00 bits per heavy atom. The molecule has 2 N–H and O–H groups in total. The zero-order valence-electron chi connectivity index (χ0n) is 17.9. The zero-order valence-corrected chi connectivity index (χ0v) is 18.7. The van der Waals surface area contributed by atoms with Crippen LogP contribution >= 0.6 is 11.3 Å². The number of rotatable bonds is 5. The van der Waals surface area contributed by atoms with Crippen LogP contribution in [0.1, 0.15) is 32.7 Å². The number of hydrogen-bond donors (Lipinski definition) is 2. The van der Waals surface area contributed by atoms with E-state index in [9.17, 15) is 9.59 Å². The first-order valence-electron chi connectivity index (χ1n) is 10.8. The average molecular weight is 449 g/mol. The summed E-state index contributed by atoms with van der Waals surface area (Å²) >= 11 is 1.48. The van der Waals surface area contributed by atoms with Gasteiger partial charge in [-0.2, -0.15) is 0 Å². The Morgan fingerprint density at radius 3 is 2.81 bits per heavy atom. The molecule has 0 unspecified atom stereocenters. The van der Waals surface area contributed by atoms with Gasteiger partial charge in [0.25, 0.3) is 5.91 Å². The maximum atomic E-state index is 12.9. The van der Waals surface area contributed by atoms with Crippen molar-refractivity contribution in [2.45, 2.75) is 26.2 Å². The maximum Gasteiger partial charge on any atom is 0.282 e.